The van der Waals surface area contributed by atoms with Crippen molar-refractivity contribution in [2.24, 2.45) is 0 Å². The Kier molecular flexibility index (Phi) is 4.55. The van der Waals surface area contributed by atoms with Crippen LogP contribution in [0.1, 0.15) is 23.0 Å². The van der Waals surface area contributed by atoms with Crippen molar-refractivity contribution >= 4 is 28.4 Å². The molecule has 0 bridgehead atoms. The van der Waals surface area contributed by atoms with Crippen molar-refractivity contribution in [1.29, 1.82) is 0 Å². The first-order valence-electron chi connectivity index (χ1n) is 9.31. The zero-order chi connectivity index (χ0) is 19.8. The van der Waals surface area contributed by atoms with Crippen LogP contribution < -0.4 is 9.64 Å². The van der Waals surface area contributed by atoms with Gasteiger partial charge < -0.3 is 19.5 Å². The highest BCUT2D eigenvalue weighted by atomic mass is 16.5. The number of anilines is 1. The Bertz CT molecular complexity index is 1060. The molecule has 144 valence electrons. The Morgan fingerprint density at radius 2 is 2.00 bits per heavy atom. The monoisotopic (exact) mass is 377 g/mol. The van der Waals surface area contributed by atoms with Crippen LogP contribution in [0, 0.1) is 6.92 Å². The van der Waals surface area contributed by atoms with Crippen LogP contribution in [-0.2, 0) is 4.79 Å². The molecular formula is C22H23N3O3. The van der Waals surface area contributed by atoms with E-state index in [1.165, 1.54) is 0 Å². The van der Waals surface area contributed by atoms with Crippen molar-refractivity contribution in [2.75, 3.05) is 25.1 Å². The van der Waals surface area contributed by atoms with Crippen LogP contribution in [0.15, 0.2) is 48.5 Å². The van der Waals surface area contributed by atoms with Gasteiger partial charge in [0, 0.05) is 29.2 Å². The molecule has 0 saturated carbocycles. The van der Waals surface area contributed by atoms with Gasteiger partial charge >= 0.3 is 0 Å². The highest BCUT2D eigenvalue weighted by Crippen LogP contribution is 2.25. The standard InChI is InChI=1S/C22H23N3O3/c1-14-5-4-6-17(9-14)25-12-15(2)24(13-21(25)26)22(27)20-11-16-10-18(28-3)7-8-19(16)23-20/h4-11,15,23H,12-13H2,1-3H3. The summed E-state index contributed by atoms with van der Waals surface area (Å²) in [6, 6.07) is 15.2. The Balaban J connectivity index is 1.57. The Hall–Kier alpha value is -3.28. The lowest BCUT2D eigenvalue weighted by molar-refractivity contribution is -0.121. The number of hydrogen-bond donors (Lipinski definition) is 1. The third-order valence-corrected chi connectivity index (χ3v) is 5.22. The van der Waals surface area contributed by atoms with Crippen LogP contribution in [0.3, 0.4) is 0 Å². The van der Waals surface area contributed by atoms with Crippen molar-refractivity contribution in [3.05, 3.63) is 59.8 Å². The molecule has 1 aliphatic rings. The van der Waals surface area contributed by atoms with E-state index in [4.69, 9.17) is 4.74 Å². The van der Waals surface area contributed by atoms with E-state index in [2.05, 4.69) is 4.98 Å². The molecule has 1 N–H and O–H groups in total. The number of rotatable bonds is 3. The molecule has 1 fully saturated rings. The molecular weight excluding hydrogens is 354 g/mol. The maximum atomic E-state index is 13.1. The molecule has 0 spiro atoms. The molecule has 1 aromatic heterocycles. The predicted molar refractivity (Wildman–Crippen MR) is 109 cm³/mol. The minimum Gasteiger partial charge on any atom is -0.497 e. The molecule has 1 unspecified atom stereocenters. The number of aromatic amines is 1. The van der Waals surface area contributed by atoms with Gasteiger partial charge in [0.05, 0.1) is 7.11 Å². The number of ether oxygens (including phenoxy) is 1. The van der Waals surface area contributed by atoms with Crippen LogP contribution >= 0.6 is 0 Å². The van der Waals surface area contributed by atoms with Crippen LogP contribution in [0.2, 0.25) is 0 Å². The number of carbonyl (C=O) groups excluding carboxylic acids is 2. The molecule has 3 aromatic rings. The minimum absolute atomic E-state index is 0.0621. The summed E-state index contributed by atoms with van der Waals surface area (Å²) in [4.78, 5) is 32.4. The third kappa shape index (κ3) is 3.22. The molecule has 6 heteroatoms. The van der Waals surface area contributed by atoms with Crippen molar-refractivity contribution in [1.82, 2.24) is 9.88 Å². The maximum absolute atomic E-state index is 13.1. The quantitative estimate of drug-likeness (QED) is 0.761. The summed E-state index contributed by atoms with van der Waals surface area (Å²) in [5.74, 6) is 0.496. The summed E-state index contributed by atoms with van der Waals surface area (Å²) < 4.78 is 5.24. The van der Waals surface area contributed by atoms with E-state index in [9.17, 15) is 9.59 Å². The number of hydrogen-bond acceptors (Lipinski definition) is 3. The number of nitrogens with zero attached hydrogens (tertiary/aromatic N) is 2. The number of aromatic nitrogens is 1. The number of fused-ring (bicyclic) bond motifs is 1. The van der Waals surface area contributed by atoms with Crippen LogP contribution in [0.4, 0.5) is 5.69 Å². The van der Waals surface area contributed by atoms with Gasteiger partial charge in [0.2, 0.25) is 5.91 Å². The first kappa shape index (κ1) is 18.1. The molecule has 1 aliphatic heterocycles. The van der Waals surface area contributed by atoms with Crippen LogP contribution in [0.5, 0.6) is 5.75 Å². The normalized spacial score (nSPS) is 17.2. The number of piperazine rings is 1. The first-order valence-corrected chi connectivity index (χ1v) is 9.31. The number of nitrogens with one attached hydrogen (secondary N) is 1. The topological polar surface area (TPSA) is 65.6 Å². The molecule has 2 amide bonds. The summed E-state index contributed by atoms with van der Waals surface area (Å²) in [5, 5.41) is 0.903. The molecule has 0 radical (unpaired) electrons. The summed E-state index contributed by atoms with van der Waals surface area (Å²) in [6.07, 6.45) is 0. The van der Waals surface area contributed by atoms with Crippen molar-refractivity contribution in [2.45, 2.75) is 19.9 Å². The van der Waals surface area contributed by atoms with Gasteiger partial charge in [-0.2, -0.15) is 0 Å². The smallest absolute Gasteiger partial charge is 0.271 e. The zero-order valence-electron chi connectivity index (χ0n) is 16.2. The summed E-state index contributed by atoms with van der Waals surface area (Å²) in [6.45, 7) is 4.51. The predicted octanol–water partition coefficient (Wildman–Crippen LogP) is 3.36. The largest absolute Gasteiger partial charge is 0.497 e. The van der Waals surface area contributed by atoms with Crippen LogP contribution in [-0.4, -0.2) is 47.9 Å². The van der Waals surface area contributed by atoms with Gasteiger partial charge in [0.15, 0.2) is 0 Å². The number of amides is 2. The lowest BCUT2D eigenvalue weighted by Gasteiger charge is -2.39. The van der Waals surface area contributed by atoms with E-state index < -0.39 is 0 Å². The molecule has 28 heavy (non-hydrogen) atoms. The number of carbonyl (C=O) groups is 2. The zero-order valence-corrected chi connectivity index (χ0v) is 16.2. The highest BCUT2D eigenvalue weighted by molar-refractivity contribution is 6.03. The molecule has 2 aromatic carbocycles. The molecule has 1 atom stereocenters. The van der Waals surface area contributed by atoms with Gasteiger partial charge in [0.1, 0.15) is 18.0 Å². The van der Waals surface area contributed by atoms with Gasteiger partial charge in [-0.3, -0.25) is 9.59 Å². The van der Waals surface area contributed by atoms with Crippen molar-refractivity contribution < 1.29 is 14.3 Å². The molecule has 1 saturated heterocycles. The fourth-order valence-corrected chi connectivity index (χ4v) is 3.68. The lowest BCUT2D eigenvalue weighted by Crippen LogP contribution is -2.57. The Morgan fingerprint density at radius 1 is 1.18 bits per heavy atom. The third-order valence-electron chi connectivity index (χ3n) is 5.22. The van der Waals surface area contributed by atoms with E-state index in [0.29, 0.717) is 12.2 Å². The first-order chi connectivity index (χ1) is 13.5. The van der Waals surface area contributed by atoms with Gasteiger partial charge in [0.25, 0.3) is 5.91 Å². The summed E-state index contributed by atoms with van der Waals surface area (Å²) >= 11 is 0. The second kappa shape index (κ2) is 7.03. The second-order valence-corrected chi connectivity index (χ2v) is 7.26. The average molecular weight is 377 g/mol. The Labute approximate surface area is 163 Å². The van der Waals surface area contributed by atoms with E-state index >= 15 is 0 Å². The molecule has 2 heterocycles. The lowest BCUT2D eigenvalue weighted by atomic mass is 10.1. The second-order valence-electron chi connectivity index (χ2n) is 7.26. The highest BCUT2D eigenvalue weighted by Gasteiger charge is 2.34. The van der Waals surface area contributed by atoms with E-state index in [-0.39, 0.29) is 24.4 Å². The van der Waals surface area contributed by atoms with Gasteiger partial charge in [-0.05, 0) is 55.8 Å². The van der Waals surface area contributed by atoms with Crippen molar-refractivity contribution in [3.63, 3.8) is 0 Å². The maximum Gasteiger partial charge on any atom is 0.271 e. The average Bonchev–Trinajstić information content (AvgIpc) is 3.12. The minimum atomic E-state index is -0.167. The van der Waals surface area contributed by atoms with Gasteiger partial charge in [-0.15, -0.1) is 0 Å². The van der Waals surface area contributed by atoms with E-state index in [1.54, 1.807) is 16.9 Å². The Morgan fingerprint density at radius 3 is 2.75 bits per heavy atom. The SMILES string of the molecule is COc1ccc2[nH]c(C(=O)N3CC(=O)N(c4cccc(C)c4)CC3C)cc2c1. The van der Waals surface area contributed by atoms with E-state index in [0.717, 1.165) is 27.9 Å². The number of methoxy groups -OCH3 is 1. The van der Waals surface area contributed by atoms with Crippen molar-refractivity contribution in [3.8, 4) is 5.75 Å². The van der Waals surface area contributed by atoms with Crippen LogP contribution in [0.25, 0.3) is 10.9 Å². The summed E-state index contributed by atoms with van der Waals surface area (Å²) in [5.41, 5.74) is 3.32. The van der Waals surface area contributed by atoms with Gasteiger partial charge in [-0.1, -0.05) is 12.1 Å². The summed E-state index contributed by atoms with van der Waals surface area (Å²) in [7, 11) is 1.61. The fraction of sp³-hybridized carbons (Fsp3) is 0.273. The molecule has 6 nitrogen and oxygen atoms in total. The van der Waals surface area contributed by atoms with E-state index in [1.807, 2.05) is 62.4 Å². The fourth-order valence-electron chi connectivity index (χ4n) is 3.68. The number of benzene rings is 2. The van der Waals surface area contributed by atoms with Gasteiger partial charge in [-0.25, -0.2) is 0 Å². The molecule has 0 aliphatic carbocycles. The number of aryl methyl sites for hydroxylation is 1. The number of H-pyrrole nitrogens is 1. The molecule has 4 rings (SSSR count).